The summed E-state index contributed by atoms with van der Waals surface area (Å²) in [5, 5.41) is 2.96. The van der Waals surface area contributed by atoms with Crippen molar-refractivity contribution in [1.82, 2.24) is 10.2 Å². The number of hydrogen-bond donors (Lipinski definition) is 1. The van der Waals surface area contributed by atoms with Gasteiger partial charge in [-0.15, -0.1) is 0 Å². The van der Waals surface area contributed by atoms with E-state index in [9.17, 15) is 9.59 Å². The van der Waals surface area contributed by atoms with Crippen molar-refractivity contribution >= 4 is 17.5 Å². The van der Waals surface area contributed by atoms with Crippen LogP contribution in [-0.4, -0.2) is 63.2 Å². The van der Waals surface area contributed by atoms with E-state index < -0.39 is 6.10 Å². The van der Waals surface area contributed by atoms with Gasteiger partial charge in [-0.2, -0.15) is 0 Å². The summed E-state index contributed by atoms with van der Waals surface area (Å²) in [6.45, 7) is 2.34. The molecule has 0 aromatic heterocycles. The third-order valence-corrected chi connectivity index (χ3v) is 5.78. The lowest BCUT2D eigenvalue weighted by Gasteiger charge is -2.23. The lowest BCUT2D eigenvalue weighted by Crippen LogP contribution is -2.40. The highest BCUT2D eigenvalue weighted by Gasteiger charge is 2.51. The molecule has 1 spiro atoms. The quantitative estimate of drug-likeness (QED) is 0.845. The van der Waals surface area contributed by atoms with Crippen LogP contribution in [0, 0.1) is 0 Å². The highest BCUT2D eigenvalue weighted by atomic mass is 16.5. The normalized spacial score (nSPS) is 22.9. The van der Waals surface area contributed by atoms with Gasteiger partial charge in [0.05, 0.1) is 6.61 Å². The Morgan fingerprint density at radius 2 is 1.86 bits per heavy atom. The summed E-state index contributed by atoms with van der Waals surface area (Å²) in [5.41, 5.74) is 2.33. The van der Waals surface area contributed by atoms with Crippen molar-refractivity contribution in [3.63, 3.8) is 0 Å². The van der Waals surface area contributed by atoms with Gasteiger partial charge in [0.2, 0.25) is 5.91 Å². The summed E-state index contributed by atoms with van der Waals surface area (Å²) >= 11 is 0. The number of para-hydroxylation sites is 1. The molecule has 0 aliphatic carbocycles. The number of rotatable bonds is 5. The first-order valence-electron chi connectivity index (χ1n) is 10.0. The largest absolute Gasteiger partial charge is 0.367 e. The standard InChI is InChI=1S/C23H27N3O3/c1-25(2)13-12-24-21(27)20-14-23(16-29-20)15-26(19-11-7-6-10-18(19)23)22(28)17-8-4-3-5-9-17/h3-11,20H,12-16H2,1-2H3,(H,24,27)/t20-,23-/m1/s1. The molecule has 0 saturated carbocycles. The highest BCUT2D eigenvalue weighted by molar-refractivity contribution is 6.07. The second kappa shape index (κ2) is 7.97. The highest BCUT2D eigenvalue weighted by Crippen LogP contribution is 2.47. The fraction of sp³-hybridized carbons (Fsp3) is 0.391. The van der Waals surface area contributed by atoms with Crippen LogP contribution in [0.25, 0.3) is 0 Å². The molecular weight excluding hydrogens is 366 g/mol. The fourth-order valence-corrected chi connectivity index (χ4v) is 4.26. The monoisotopic (exact) mass is 393 g/mol. The van der Waals surface area contributed by atoms with Gasteiger partial charge in [-0.1, -0.05) is 36.4 Å². The lowest BCUT2D eigenvalue weighted by atomic mass is 9.80. The number of anilines is 1. The summed E-state index contributed by atoms with van der Waals surface area (Å²) in [7, 11) is 3.95. The molecule has 2 amide bonds. The first-order chi connectivity index (χ1) is 14.0. The molecule has 1 fully saturated rings. The van der Waals surface area contributed by atoms with Crippen molar-refractivity contribution in [2.75, 3.05) is 45.2 Å². The van der Waals surface area contributed by atoms with E-state index in [-0.39, 0.29) is 17.2 Å². The second-order valence-corrected chi connectivity index (χ2v) is 8.15. The molecule has 6 heteroatoms. The van der Waals surface area contributed by atoms with Gasteiger partial charge in [0.25, 0.3) is 5.91 Å². The first kappa shape index (κ1) is 19.6. The van der Waals surface area contributed by atoms with Crippen LogP contribution in [0.4, 0.5) is 5.69 Å². The van der Waals surface area contributed by atoms with Crippen LogP contribution in [0.3, 0.4) is 0 Å². The molecule has 2 aliphatic heterocycles. The van der Waals surface area contributed by atoms with Crippen LogP contribution in [0.2, 0.25) is 0 Å². The van der Waals surface area contributed by atoms with E-state index in [1.807, 2.05) is 72.4 Å². The summed E-state index contributed by atoms with van der Waals surface area (Å²) in [5.74, 6) is -0.0946. The van der Waals surface area contributed by atoms with Crippen molar-refractivity contribution in [2.24, 2.45) is 0 Å². The lowest BCUT2D eigenvalue weighted by molar-refractivity contribution is -0.130. The van der Waals surface area contributed by atoms with E-state index in [0.717, 1.165) is 17.8 Å². The second-order valence-electron chi connectivity index (χ2n) is 8.15. The number of likely N-dealkylation sites (N-methyl/N-ethyl adjacent to an activating group) is 1. The van der Waals surface area contributed by atoms with Gasteiger partial charge < -0.3 is 19.9 Å². The summed E-state index contributed by atoms with van der Waals surface area (Å²) in [6, 6.07) is 17.3. The minimum Gasteiger partial charge on any atom is -0.367 e. The van der Waals surface area contributed by atoms with Gasteiger partial charge in [-0.25, -0.2) is 0 Å². The van der Waals surface area contributed by atoms with Gasteiger partial charge in [-0.3, -0.25) is 9.59 Å². The van der Waals surface area contributed by atoms with E-state index >= 15 is 0 Å². The number of amides is 2. The van der Waals surface area contributed by atoms with Gasteiger partial charge in [-0.05, 0) is 44.3 Å². The van der Waals surface area contributed by atoms with E-state index in [1.54, 1.807) is 0 Å². The van der Waals surface area contributed by atoms with Crippen LogP contribution in [0.5, 0.6) is 0 Å². The average molecular weight is 393 g/mol. The third-order valence-electron chi connectivity index (χ3n) is 5.78. The molecule has 2 aliphatic rings. The van der Waals surface area contributed by atoms with Gasteiger partial charge in [0.1, 0.15) is 6.10 Å². The minimum atomic E-state index is -0.489. The predicted molar refractivity (Wildman–Crippen MR) is 112 cm³/mol. The molecule has 2 aromatic rings. The zero-order valence-electron chi connectivity index (χ0n) is 16.9. The molecule has 2 atom stereocenters. The Balaban J connectivity index is 1.53. The molecule has 29 heavy (non-hydrogen) atoms. The van der Waals surface area contributed by atoms with Crippen molar-refractivity contribution in [1.29, 1.82) is 0 Å². The number of nitrogens with one attached hydrogen (secondary N) is 1. The zero-order chi connectivity index (χ0) is 20.4. The van der Waals surface area contributed by atoms with Crippen molar-refractivity contribution in [3.05, 3.63) is 65.7 Å². The molecule has 2 heterocycles. The number of ether oxygens (including phenoxy) is 1. The maximum Gasteiger partial charge on any atom is 0.258 e. The topological polar surface area (TPSA) is 61.9 Å². The SMILES string of the molecule is CN(C)CCNC(=O)[C@H]1C[C@]2(CO1)CN(C(=O)c1ccccc1)c1ccccc12. The van der Waals surface area contributed by atoms with Crippen LogP contribution in [0.1, 0.15) is 22.3 Å². The van der Waals surface area contributed by atoms with Crippen LogP contribution < -0.4 is 10.2 Å². The van der Waals surface area contributed by atoms with Crippen LogP contribution >= 0.6 is 0 Å². The molecule has 1 saturated heterocycles. The maximum absolute atomic E-state index is 13.2. The average Bonchev–Trinajstić information content (AvgIpc) is 3.31. The molecule has 0 unspecified atom stereocenters. The molecule has 0 bridgehead atoms. The molecule has 1 N–H and O–H groups in total. The van der Waals surface area contributed by atoms with E-state index in [0.29, 0.717) is 31.7 Å². The Hall–Kier alpha value is -2.70. The number of carbonyl (C=O) groups is 2. The van der Waals surface area contributed by atoms with Crippen molar-refractivity contribution in [2.45, 2.75) is 17.9 Å². The predicted octanol–water partition coefficient (Wildman–Crippen LogP) is 2.05. The zero-order valence-corrected chi connectivity index (χ0v) is 16.9. The number of nitrogens with zero attached hydrogens (tertiary/aromatic N) is 2. The van der Waals surface area contributed by atoms with Crippen molar-refractivity contribution < 1.29 is 14.3 Å². The Morgan fingerprint density at radius 3 is 2.62 bits per heavy atom. The van der Waals surface area contributed by atoms with Gasteiger partial charge in [0, 0.05) is 36.3 Å². The number of fused-ring (bicyclic) bond motifs is 2. The molecular formula is C23H27N3O3. The Kier molecular flexibility index (Phi) is 5.39. The van der Waals surface area contributed by atoms with E-state index in [2.05, 4.69) is 11.4 Å². The number of benzene rings is 2. The molecule has 4 rings (SSSR count). The summed E-state index contributed by atoms with van der Waals surface area (Å²) in [6.07, 6.45) is 0.0908. The molecule has 6 nitrogen and oxygen atoms in total. The Morgan fingerprint density at radius 1 is 1.14 bits per heavy atom. The Bertz CT molecular complexity index is 899. The minimum absolute atomic E-state index is 0.0196. The van der Waals surface area contributed by atoms with E-state index in [1.165, 1.54) is 0 Å². The van der Waals surface area contributed by atoms with E-state index in [4.69, 9.17) is 4.74 Å². The maximum atomic E-state index is 13.2. The van der Waals surface area contributed by atoms with Crippen LogP contribution in [-0.2, 0) is 14.9 Å². The summed E-state index contributed by atoms with van der Waals surface area (Å²) in [4.78, 5) is 29.6. The Labute approximate surface area is 171 Å². The summed E-state index contributed by atoms with van der Waals surface area (Å²) < 4.78 is 5.94. The van der Waals surface area contributed by atoms with Crippen LogP contribution in [0.15, 0.2) is 54.6 Å². The molecule has 0 radical (unpaired) electrons. The van der Waals surface area contributed by atoms with Gasteiger partial charge >= 0.3 is 0 Å². The van der Waals surface area contributed by atoms with Gasteiger partial charge in [0.15, 0.2) is 0 Å². The number of hydrogen-bond acceptors (Lipinski definition) is 4. The number of carbonyl (C=O) groups excluding carboxylic acids is 2. The van der Waals surface area contributed by atoms with Crippen molar-refractivity contribution in [3.8, 4) is 0 Å². The fourth-order valence-electron chi connectivity index (χ4n) is 4.26. The smallest absolute Gasteiger partial charge is 0.258 e. The molecule has 152 valence electrons. The molecule has 2 aromatic carbocycles. The first-order valence-corrected chi connectivity index (χ1v) is 10.0. The third kappa shape index (κ3) is 3.78.